The molecule has 1 aromatic carbocycles. The second-order valence-corrected chi connectivity index (χ2v) is 8.79. The molecule has 2 fully saturated rings. The molecule has 0 aromatic heterocycles. The highest BCUT2D eigenvalue weighted by atomic mass is 16.6. The highest BCUT2D eigenvalue weighted by Crippen LogP contribution is 2.50. The predicted octanol–water partition coefficient (Wildman–Crippen LogP) is 3.21. The lowest BCUT2D eigenvalue weighted by Crippen LogP contribution is -2.40. The third-order valence-electron chi connectivity index (χ3n) is 6.87. The number of nitro groups is 1. The fourth-order valence-corrected chi connectivity index (χ4v) is 5.46. The van der Waals surface area contributed by atoms with Crippen LogP contribution in [0.4, 0.5) is 5.69 Å². The molecule has 5 atom stereocenters. The van der Waals surface area contributed by atoms with E-state index in [0.717, 1.165) is 18.4 Å². The van der Waals surface area contributed by atoms with E-state index in [0.29, 0.717) is 49.6 Å². The number of nitrogens with zero attached hydrogens (tertiary/aromatic N) is 2. The summed E-state index contributed by atoms with van der Waals surface area (Å²) in [6.45, 7) is 4.52. The molecule has 2 bridgehead atoms. The normalized spacial score (nSPS) is 34.2. The van der Waals surface area contributed by atoms with Gasteiger partial charge in [0.1, 0.15) is 11.5 Å². The molecule has 0 unspecified atom stereocenters. The van der Waals surface area contributed by atoms with Gasteiger partial charge in [0.15, 0.2) is 0 Å². The van der Waals surface area contributed by atoms with Gasteiger partial charge in [0, 0.05) is 30.8 Å². The van der Waals surface area contributed by atoms with Crippen molar-refractivity contribution in [3.8, 4) is 5.75 Å². The van der Waals surface area contributed by atoms with Gasteiger partial charge in [-0.1, -0.05) is 12.2 Å². The molecule has 154 valence electrons. The number of hydrogen-bond acceptors (Lipinski definition) is 6. The lowest BCUT2D eigenvalue weighted by atomic mass is 9.79. The molecule has 2 aliphatic carbocycles. The van der Waals surface area contributed by atoms with Crippen LogP contribution >= 0.6 is 0 Å². The van der Waals surface area contributed by atoms with E-state index in [1.165, 1.54) is 6.07 Å². The zero-order valence-corrected chi connectivity index (χ0v) is 16.5. The summed E-state index contributed by atoms with van der Waals surface area (Å²) in [6.07, 6.45) is 8.46. The maximum Gasteiger partial charge on any atom is 0.270 e. The van der Waals surface area contributed by atoms with Crippen molar-refractivity contribution in [2.75, 3.05) is 26.3 Å². The highest BCUT2D eigenvalue weighted by molar-refractivity contribution is 5.52. The van der Waals surface area contributed by atoms with Crippen LogP contribution in [0.1, 0.15) is 31.4 Å². The van der Waals surface area contributed by atoms with E-state index < -0.39 is 5.60 Å². The Labute approximate surface area is 169 Å². The number of non-ortho nitro benzene ring substituents is 1. The lowest BCUT2D eigenvalue weighted by molar-refractivity contribution is -0.384. The first-order chi connectivity index (χ1) is 13.9. The number of rotatable bonds is 4. The van der Waals surface area contributed by atoms with Gasteiger partial charge in [-0.05, 0) is 49.7 Å². The lowest BCUT2D eigenvalue weighted by Gasteiger charge is -2.35. The Morgan fingerprint density at radius 2 is 2.07 bits per heavy atom. The number of fused-ring (bicyclic) bond motifs is 3. The van der Waals surface area contributed by atoms with Crippen molar-refractivity contribution in [3.05, 3.63) is 57.9 Å². The Kier molecular flexibility index (Phi) is 4.49. The minimum Gasteiger partial charge on any atom is -0.460 e. The zero-order valence-electron chi connectivity index (χ0n) is 16.5. The van der Waals surface area contributed by atoms with Crippen LogP contribution in [0.15, 0.2) is 42.2 Å². The van der Waals surface area contributed by atoms with E-state index >= 15 is 0 Å². The quantitative estimate of drug-likeness (QED) is 0.476. The molecule has 5 rings (SSSR count). The summed E-state index contributed by atoms with van der Waals surface area (Å²) in [4.78, 5) is 13.2. The van der Waals surface area contributed by atoms with Crippen LogP contribution in [0.3, 0.4) is 0 Å². The molecule has 1 saturated carbocycles. The summed E-state index contributed by atoms with van der Waals surface area (Å²) in [5.74, 6) is 2.42. The molecule has 0 amide bonds. The SMILES string of the molecule is C[C@](O)(/C=C1\Oc2ccc([N+](=O)[O-])cc2[C@H]1N1CCOCC1)[C@H]1C[C@@H]2C=C[C@@H]1C2. The van der Waals surface area contributed by atoms with Gasteiger partial charge in [-0.3, -0.25) is 15.0 Å². The third-order valence-corrected chi connectivity index (χ3v) is 6.87. The number of hydrogen-bond donors (Lipinski definition) is 1. The number of ether oxygens (including phenoxy) is 2. The molecule has 2 aliphatic heterocycles. The van der Waals surface area contributed by atoms with Crippen molar-refractivity contribution in [2.45, 2.75) is 31.4 Å². The maximum absolute atomic E-state index is 11.4. The van der Waals surface area contributed by atoms with Crippen LogP contribution in [0.25, 0.3) is 0 Å². The van der Waals surface area contributed by atoms with Crippen LogP contribution in [0, 0.1) is 27.9 Å². The number of allylic oxidation sites excluding steroid dienone is 2. The minimum absolute atomic E-state index is 0.0526. The number of morpholine rings is 1. The molecule has 4 aliphatic rings. The first kappa shape index (κ1) is 18.8. The van der Waals surface area contributed by atoms with E-state index in [9.17, 15) is 15.2 Å². The van der Waals surface area contributed by atoms with Crippen LogP contribution in [-0.2, 0) is 4.74 Å². The molecule has 2 heterocycles. The van der Waals surface area contributed by atoms with Crippen LogP contribution in [0.5, 0.6) is 5.75 Å². The summed E-state index contributed by atoms with van der Waals surface area (Å²) in [5, 5.41) is 22.7. The fraction of sp³-hybridized carbons (Fsp3) is 0.545. The van der Waals surface area contributed by atoms with Crippen molar-refractivity contribution < 1.29 is 19.5 Å². The summed E-state index contributed by atoms with van der Waals surface area (Å²) in [6, 6.07) is 4.49. The van der Waals surface area contributed by atoms with Gasteiger partial charge in [0.2, 0.25) is 0 Å². The molecule has 7 heteroatoms. The third kappa shape index (κ3) is 3.27. The Hall–Kier alpha value is -2.22. The zero-order chi connectivity index (χ0) is 20.2. The molecular weight excluding hydrogens is 372 g/mol. The number of nitro benzene ring substituents is 1. The Bertz CT molecular complexity index is 887. The van der Waals surface area contributed by atoms with E-state index in [1.54, 1.807) is 12.1 Å². The van der Waals surface area contributed by atoms with Gasteiger partial charge in [0.05, 0.1) is 29.8 Å². The van der Waals surface area contributed by atoms with Crippen LogP contribution in [-0.4, -0.2) is 46.8 Å². The van der Waals surface area contributed by atoms with E-state index in [2.05, 4.69) is 17.1 Å². The van der Waals surface area contributed by atoms with Gasteiger partial charge in [-0.2, -0.15) is 0 Å². The largest absolute Gasteiger partial charge is 0.460 e. The minimum atomic E-state index is -1.00. The van der Waals surface area contributed by atoms with E-state index in [1.807, 2.05) is 13.0 Å². The maximum atomic E-state index is 11.4. The topological polar surface area (TPSA) is 85.1 Å². The van der Waals surface area contributed by atoms with Gasteiger partial charge >= 0.3 is 0 Å². The van der Waals surface area contributed by atoms with Gasteiger partial charge < -0.3 is 14.6 Å². The standard InChI is InChI=1S/C22H26N2O5/c1-22(25,18-11-14-2-3-15(18)10-14)13-20-21(23-6-8-28-9-7-23)17-12-16(24(26)27)4-5-19(17)29-20/h2-5,12-15,18,21,25H,6-11H2,1H3/b20-13-/t14-,15-,18+,21-,22+/m1/s1. The molecule has 1 saturated heterocycles. The molecule has 1 aromatic rings. The molecule has 29 heavy (non-hydrogen) atoms. The number of benzene rings is 1. The summed E-state index contributed by atoms with van der Waals surface area (Å²) in [7, 11) is 0. The molecular formula is C22H26N2O5. The van der Waals surface area contributed by atoms with Crippen molar-refractivity contribution in [3.63, 3.8) is 0 Å². The van der Waals surface area contributed by atoms with Crippen LogP contribution in [0.2, 0.25) is 0 Å². The van der Waals surface area contributed by atoms with Crippen molar-refractivity contribution in [1.29, 1.82) is 0 Å². The summed E-state index contributed by atoms with van der Waals surface area (Å²) in [5.41, 5.74) is -0.161. The van der Waals surface area contributed by atoms with Crippen molar-refractivity contribution in [1.82, 2.24) is 4.90 Å². The Morgan fingerprint density at radius 3 is 2.72 bits per heavy atom. The average Bonchev–Trinajstić information content (AvgIpc) is 3.41. The molecule has 1 N–H and O–H groups in total. The monoisotopic (exact) mass is 398 g/mol. The fourth-order valence-electron chi connectivity index (χ4n) is 5.46. The molecule has 7 nitrogen and oxygen atoms in total. The van der Waals surface area contributed by atoms with Gasteiger partial charge in [-0.25, -0.2) is 0 Å². The Balaban J connectivity index is 1.51. The number of aliphatic hydroxyl groups is 1. The van der Waals surface area contributed by atoms with Crippen LogP contribution < -0.4 is 4.74 Å². The van der Waals surface area contributed by atoms with E-state index in [-0.39, 0.29) is 22.6 Å². The highest BCUT2D eigenvalue weighted by Gasteiger charge is 2.46. The molecule has 0 spiro atoms. The smallest absolute Gasteiger partial charge is 0.270 e. The van der Waals surface area contributed by atoms with Crippen molar-refractivity contribution in [2.24, 2.45) is 17.8 Å². The summed E-state index contributed by atoms with van der Waals surface area (Å²) >= 11 is 0. The first-order valence-electron chi connectivity index (χ1n) is 10.3. The summed E-state index contributed by atoms with van der Waals surface area (Å²) < 4.78 is 11.7. The average molecular weight is 398 g/mol. The second kappa shape index (κ2) is 6.93. The molecule has 0 radical (unpaired) electrons. The predicted molar refractivity (Wildman–Crippen MR) is 106 cm³/mol. The first-order valence-corrected chi connectivity index (χ1v) is 10.3. The Morgan fingerprint density at radius 1 is 1.28 bits per heavy atom. The van der Waals surface area contributed by atoms with Gasteiger partial charge in [-0.15, -0.1) is 0 Å². The van der Waals surface area contributed by atoms with Crippen molar-refractivity contribution >= 4 is 5.69 Å². The second-order valence-electron chi connectivity index (χ2n) is 8.79. The van der Waals surface area contributed by atoms with Gasteiger partial charge in [0.25, 0.3) is 5.69 Å². The van der Waals surface area contributed by atoms with E-state index in [4.69, 9.17) is 9.47 Å².